The van der Waals surface area contributed by atoms with Crippen LogP contribution in [-0.2, 0) is 5.75 Å². The SMILES string of the molecule is CC(CO)CSCc1cccc(C(=O)O)c1. The molecule has 1 rings (SSSR count). The second-order valence-electron chi connectivity index (χ2n) is 3.81. The summed E-state index contributed by atoms with van der Waals surface area (Å²) in [5, 5.41) is 17.7. The maximum atomic E-state index is 10.7. The summed E-state index contributed by atoms with van der Waals surface area (Å²) in [4.78, 5) is 10.7. The van der Waals surface area contributed by atoms with Crippen molar-refractivity contribution in [3.8, 4) is 0 Å². The van der Waals surface area contributed by atoms with Crippen molar-refractivity contribution in [3.63, 3.8) is 0 Å². The van der Waals surface area contributed by atoms with Crippen LogP contribution in [-0.4, -0.2) is 28.5 Å². The molecule has 1 aromatic carbocycles. The molecule has 0 radical (unpaired) electrons. The van der Waals surface area contributed by atoms with Gasteiger partial charge in [0, 0.05) is 12.4 Å². The second kappa shape index (κ2) is 6.55. The monoisotopic (exact) mass is 240 g/mol. The summed E-state index contributed by atoms with van der Waals surface area (Å²) in [5.74, 6) is 1.06. The summed E-state index contributed by atoms with van der Waals surface area (Å²) >= 11 is 1.71. The molecule has 3 nitrogen and oxygen atoms in total. The first-order chi connectivity index (χ1) is 7.63. The number of carboxylic acid groups (broad SMARTS) is 1. The Labute approximate surface area is 99.5 Å². The number of aliphatic hydroxyl groups is 1. The zero-order valence-electron chi connectivity index (χ0n) is 9.22. The van der Waals surface area contributed by atoms with Crippen molar-refractivity contribution >= 4 is 17.7 Å². The van der Waals surface area contributed by atoms with Crippen molar-refractivity contribution in [2.75, 3.05) is 12.4 Å². The van der Waals surface area contributed by atoms with Crippen molar-refractivity contribution in [2.24, 2.45) is 5.92 Å². The number of carboxylic acids is 1. The van der Waals surface area contributed by atoms with Crippen LogP contribution in [0.3, 0.4) is 0 Å². The fraction of sp³-hybridized carbons (Fsp3) is 0.417. The number of aliphatic hydroxyl groups excluding tert-OH is 1. The fourth-order valence-electron chi connectivity index (χ4n) is 1.22. The molecule has 0 amide bonds. The van der Waals surface area contributed by atoms with Gasteiger partial charge >= 0.3 is 5.97 Å². The minimum atomic E-state index is -0.893. The Morgan fingerprint density at radius 1 is 1.50 bits per heavy atom. The Morgan fingerprint density at radius 2 is 2.25 bits per heavy atom. The number of rotatable bonds is 6. The lowest BCUT2D eigenvalue weighted by molar-refractivity contribution is 0.0697. The molecule has 2 N–H and O–H groups in total. The van der Waals surface area contributed by atoms with Gasteiger partial charge in [-0.2, -0.15) is 11.8 Å². The molecule has 0 fully saturated rings. The van der Waals surface area contributed by atoms with E-state index in [1.54, 1.807) is 30.0 Å². The predicted octanol–water partition coefficient (Wildman–Crippen LogP) is 2.25. The first kappa shape index (κ1) is 13.1. The number of carbonyl (C=O) groups is 1. The third kappa shape index (κ3) is 4.24. The van der Waals surface area contributed by atoms with E-state index in [4.69, 9.17) is 10.2 Å². The first-order valence-electron chi connectivity index (χ1n) is 5.14. The molecule has 0 aromatic heterocycles. The van der Waals surface area contributed by atoms with Gasteiger partial charge in [-0.15, -0.1) is 0 Å². The van der Waals surface area contributed by atoms with Crippen LogP contribution in [0.25, 0.3) is 0 Å². The summed E-state index contributed by atoms with van der Waals surface area (Å²) in [7, 11) is 0. The molecule has 0 saturated heterocycles. The number of thioether (sulfide) groups is 1. The Balaban J connectivity index is 2.48. The van der Waals surface area contributed by atoms with Gasteiger partial charge in [-0.25, -0.2) is 4.79 Å². The molecule has 0 spiro atoms. The van der Waals surface area contributed by atoms with Crippen LogP contribution in [0.4, 0.5) is 0 Å². The van der Waals surface area contributed by atoms with Gasteiger partial charge in [-0.1, -0.05) is 19.1 Å². The van der Waals surface area contributed by atoms with Crippen molar-refractivity contribution in [2.45, 2.75) is 12.7 Å². The highest BCUT2D eigenvalue weighted by atomic mass is 32.2. The van der Waals surface area contributed by atoms with Crippen molar-refractivity contribution in [3.05, 3.63) is 35.4 Å². The molecule has 1 unspecified atom stereocenters. The number of aromatic carboxylic acids is 1. The Bertz CT molecular complexity index is 352. The van der Waals surface area contributed by atoms with Crippen LogP contribution in [0.5, 0.6) is 0 Å². The van der Waals surface area contributed by atoms with Crippen LogP contribution in [0.2, 0.25) is 0 Å². The van der Waals surface area contributed by atoms with Crippen molar-refractivity contribution in [1.29, 1.82) is 0 Å². The van der Waals surface area contributed by atoms with Crippen LogP contribution >= 0.6 is 11.8 Å². The molecular formula is C12H16O3S. The van der Waals surface area contributed by atoms with Gasteiger partial charge in [0.2, 0.25) is 0 Å². The standard InChI is InChI=1S/C12H16O3S/c1-9(6-13)7-16-8-10-3-2-4-11(5-10)12(14)15/h2-5,9,13H,6-8H2,1H3,(H,14,15). The van der Waals surface area contributed by atoms with E-state index >= 15 is 0 Å². The number of hydrogen-bond acceptors (Lipinski definition) is 3. The van der Waals surface area contributed by atoms with Crippen LogP contribution in [0.15, 0.2) is 24.3 Å². The number of benzene rings is 1. The van der Waals surface area contributed by atoms with Gasteiger partial charge in [-0.3, -0.25) is 0 Å². The van der Waals surface area contributed by atoms with Gasteiger partial charge in [0.15, 0.2) is 0 Å². The van der Waals surface area contributed by atoms with E-state index < -0.39 is 5.97 Å². The lowest BCUT2D eigenvalue weighted by Crippen LogP contribution is -2.03. The summed E-state index contributed by atoms with van der Waals surface area (Å²) < 4.78 is 0. The molecule has 0 aliphatic heterocycles. The fourth-order valence-corrected chi connectivity index (χ4v) is 2.27. The van der Waals surface area contributed by atoms with Gasteiger partial charge in [0.25, 0.3) is 0 Å². The van der Waals surface area contributed by atoms with E-state index in [-0.39, 0.29) is 12.5 Å². The molecule has 1 aromatic rings. The maximum Gasteiger partial charge on any atom is 0.335 e. The molecule has 0 aliphatic rings. The summed E-state index contributed by atoms with van der Waals surface area (Å²) in [6.45, 7) is 2.18. The molecule has 0 aliphatic carbocycles. The first-order valence-corrected chi connectivity index (χ1v) is 6.29. The molecular weight excluding hydrogens is 224 g/mol. The molecule has 0 heterocycles. The summed E-state index contributed by atoms with van der Waals surface area (Å²) in [6.07, 6.45) is 0. The normalized spacial score (nSPS) is 12.4. The second-order valence-corrected chi connectivity index (χ2v) is 4.84. The average molecular weight is 240 g/mol. The topological polar surface area (TPSA) is 57.5 Å². The van der Waals surface area contributed by atoms with Crippen molar-refractivity contribution < 1.29 is 15.0 Å². The molecule has 88 valence electrons. The van der Waals surface area contributed by atoms with E-state index in [2.05, 4.69) is 0 Å². The quantitative estimate of drug-likeness (QED) is 0.800. The van der Waals surface area contributed by atoms with Crippen LogP contribution < -0.4 is 0 Å². The van der Waals surface area contributed by atoms with E-state index in [9.17, 15) is 4.79 Å². The molecule has 0 saturated carbocycles. The highest BCUT2D eigenvalue weighted by Gasteiger charge is 2.04. The summed E-state index contributed by atoms with van der Waals surface area (Å²) in [5.41, 5.74) is 1.34. The van der Waals surface area contributed by atoms with Crippen LogP contribution in [0.1, 0.15) is 22.8 Å². The van der Waals surface area contributed by atoms with Crippen LogP contribution in [0, 0.1) is 5.92 Å². The van der Waals surface area contributed by atoms with Crippen molar-refractivity contribution in [1.82, 2.24) is 0 Å². The molecule has 4 heteroatoms. The smallest absolute Gasteiger partial charge is 0.335 e. The predicted molar refractivity (Wildman–Crippen MR) is 65.8 cm³/mol. The van der Waals surface area contributed by atoms with E-state index in [1.165, 1.54) is 0 Å². The lowest BCUT2D eigenvalue weighted by atomic mass is 10.1. The summed E-state index contributed by atoms with van der Waals surface area (Å²) in [6, 6.07) is 6.96. The van der Waals surface area contributed by atoms with Gasteiger partial charge in [0.05, 0.1) is 5.56 Å². The largest absolute Gasteiger partial charge is 0.478 e. The van der Waals surface area contributed by atoms with Gasteiger partial charge in [-0.05, 0) is 29.4 Å². The van der Waals surface area contributed by atoms with E-state index in [0.717, 1.165) is 17.1 Å². The Hall–Kier alpha value is -1.00. The minimum absolute atomic E-state index is 0.197. The highest BCUT2D eigenvalue weighted by molar-refractivity contribution is 7.98. The van der Waals surface area contributed by atoms with Gasteiger partial charge < -0.3 is 10.2 Å². The van der Waals surface area contributed by atoms with E-state index in [1.807, 2.05) is 13.0 Å². The zero-order chi connectivity index (χ0) is 12.0. The average Bonchev–Trinajstić information content (AvgIpc) is 2.29. The molecule has 16 heavy (non-hydrogen) atoms. The van der Waals surface area contributed by atoms with E-state index in [0.29, 0.717) is 5.56 Å². The zero-order valence-corrected chi connectivity index (χ0v) is 10.0. The highest BCUT2D eigenvalue weighted by Crippen LogP contribution is 2.16. The molecule has 1 atom stereocenters. The minimum Gasteiger partial charge on any atom is -0.478 e. The van der Waals surface area contributed by atoms with Gasteiger partial charge in [0.1, 0.15) is 0 Å². The third-order valence-electron chi connectivity index (χ3n) is 2.16. The number of hydrogen-bond donors (Lipinski definition) is 2. The Morgan fingerprint density at radius 3 is 2.88 bits per heavy atom. The molecule has 0 bridgehead atoms. The maximum absolute atomic E-state index is 10.7. The lowest BCUT2D eigenvalue weighted by Gasteiger charge is -2.07. The third-order valence-corrected chi connectivity index (χ3v) is 3.50. The Kier molecular flexibility index (Phi) is 5.35.